The van der Waals surface area contributed by atoms with Gasteiger partial charge < -0.3 is 14.8 Å². The van der Waals surface area contributed by atoms with Crippen molar-refractivity contribution in [1.29, 1.82) is 0 Å². The first kappa shape index (κ1) is 15.9. The minimum atomic E-state index is -0.593. The molecule has 7 nitrogen and oxygen atoms in total. The normalized spacial score (nSPS) is 12.1. The quantitative estimate of drug-likeness (QED) is 0.726. The number of rotatable bonds is 6. The lowest BCUT2D eigenvalue weighted by atomic mass is 10.2. The van der Waals surface area contributed by atoms with Crippen molar-refractivity contribution < 1.29 is 14.3 Å². The van der Waals surface area contributed by atoms with Gasteiger partial charge in [-0.05, 0) is 42.8 Å². The van der Waals surface area contributed by atoms with E-state index in [2.05, 4.69) is 20.7 Å². The Balaban J connectivity index is 1.57. The Kier molecular flexibility index (Phi) is 4.72. The molecule has 0 bridgehead atoms. The number of aromatic nitrogens is 3. The van der Waals surface area contributed by atoms with E-state index in [1.54, 1.807) is 32.2 Å². The molecule has 0 aliphatic carbocycles. The van der Waals surface area contributed by atoms with E-state index in [0.717, 1.165) is 16.8 Å². The van der Waals surface area contributed by atoms with Crippen LogP contribution in [0, 0.1) is 0 Å². The van der Waals surface area contributed by atoms with E-state index < -0.39 is 6.10 Å². The summed E-state index contributed by atoms with van der Waals surface area (Å²) >= 11 is 0. The minimum Gasteiger partial charge on any atom is -0.497 e. The van der Waals surface area contributed by atoms with Crippen molar-refractivity contribution in [3.63, 3.8) is 0 Å². The number of ether oxygens (including phenoxy) is 2. The molecule has 1 unspecified atom stereocenters. The van der Waals surface area contributed by atoms with Crippen LogP contribution in [0.15, 0.2) is 42.5 Å². The second-order valence-corrected chi connectivity index (χ2v) is 5.32. The van der Waals surface area contributed by atoms with Crippen LogP contribution in [-0.2, 0) is 16.1 Å². The summed E-state index contributed by atoms with van der Waals surface area (Å²) in [5.74, 6) is 0.537. The largest absolute Gasteiger partial charge is 0.497 e. The van der Waals surface area contributed by atoms with Crippen LogP contribution in [0.4, 0.5) is 5.69 Å². The molecule has 2 aromatic carbocycles. The van der Waals surface area contributed by atoms with Crippen molar-refractivity contribution in [3.8, 4) is 5.75 Å². The van der Waals surface area contributed by atoms with E-state index in [1.807, 2.05) is 24.3 Å². The average Bonchev–Trinajstić information content (AvgIpc) is 3.07. The van der Waals surface area contributed by atoms with Gasteiger partial charge >= 0.3 is 0 Å². The first-order chi connectivity index (χ1) is 11.7. The number of hydrogen-bond acceptors (Lipinski definition) is 5. The molecule has 24 heavy (non-hydrogen) atoms. The van der Waals surface area contributed by atoms with E-state index in [9.17, 15) is 4.79 Å². The van der Waals surface area contributed by atoms with Crippen molar-refractivity contribution in [2.45, 2.75) is 19.6 Å². The van der Waals surface area contributed by atoms with Crippen molar-refractivity contribution in [1.82, 2.24) is 15.4 Å². The Hall–Kier alpha value is -2.93. The summed E-state index contributed by atoms with van der Waals surface area (Å²) in [4.78, 5) is 12.2. The molecule has 3 aromatic rings. The number of anilines is 1. The number of fused-ring (bicyclic) bond motifs is 1. The molecule has 0 aliphatic rings. The summed E-state index contributed by atoms with van der Waals surface area (Å²) < 4.78 is 10.8. The lowest BCUT2D eigenvalue weighted by molar-refractivity contribution is -0.127. The van der Waals surface area contributed by atoms with Crippen LogP contribution in [-0.4, -0.2) is 34.5 Å². The third-order valence-corrected chi connectivity index (χ3v) is 3.59. The van der Waals surface area contributed by atoms with E-state index in [1.165, 1.54) is 0 Å². The molecule has 0 saturated carbocycles. The molecule has 2 N–H and O–H groups in total. The Labute approximate surface area is 139 Å². The van der Waals surface area contributed by atoms with Crippen LogP contribution >= 0.6 is 0 Å². The van der Waals surface area contributed by atoms with Gasteiger partial charge in [-0.25, -0.2) is 0 Å². The number of H-pyrrole nitrogens is 1. The predicted octanol–water partition coefficient (Wildman–Crippen LogP) is 2.51. The Morgan fingerprint density at radius 2 is 2.04 bits per heavy atom. The van der Waals surface area contributed by atoms with Gasteiger partial charge in [-0.2, -0.15) is 15.4 Å². The second kappa shape index (κ2) is 7.10. The summed E-state index contributed by atoms with van der Waals surface area (Å²) in [7, 11) is 1.61. The molecule has 0 aliphatic heterocycles. The maximum Gasteiger partial charge on any atom is 0.253 e. The van der Waals surface area contributed by atoms with Crippen LogP contribution in [0.25, 0.3) is 11.0 Å². The van der Waals surface area contributed by atoms with E-state index in [0.29, 0.717) is 17.8 Å². The molecule has 7 heteroatoms. The smallest absolute Gasteiger partial charge is 0.253 e. The van der Waals surface area contributed by atoms with Crippen LogP contribution in [0.5, 0.6) is 5.75 Å². The summed E-state index contributed by atoms with van der Waals surface area (Å²) in [6.07, 6.45) is -0.593. The number of hydrogen-bond donors (Lipinski definition) is 2. The number of carbonyl (C=O) groups excluding carboxylic acids is 1. The van der Waals surface area contributed by atoms with Gasteiger partial charge in [0.25, 0.3) is 5.91 Å². The molecule has 3 rings (SSSR count). The van der Waals surface area contributed by atoms with Gasteiger partial charge in [-0.1, -0.05) is 12.1 Å². The van der Waals surface area contributed by atoms with Gasteiger partial charge in [0, 0.05) is 5.69 Å². The molecule has 1 heterocycles. The van der Waals surface area contributed by atoms with Gasteiger partial charge in [-0.15, -0.1) is 0 Å². The highest BCUT2D eigenvalue weighted by Crippen LogP contribution is 2.16. The van der Waals surface area contributed by atoms with Crippen LogP contribution in [0.2, 0.25) is 0 Å². The van der Waals surface area contributed by atoms with E-state index >= 15 is 0 Å². The number of benzene rings is 2. The molecule has 0 radical (unpaired) electrons. The third-order valence-electron chi connectivity index (χ3n) is 3.59. The highest BCUT2D eigenvalue weighted by atomic mass is 16.5. The fraction of sp³-hybridized carbons (Fsp3) is 0.235. The van der Waals surface area contributed by atoms with Crippen molar-refractivity contribution in [2.24, 2.45) is 0 Å². The predicted molar refractivity (Wildman–Crippen MR) is 89.8 cm³/mol. The number of methoxy groups -OCH3 is 1. The molecule has 1 atom stereocenters. The number of carbonyl (C=O) groups is 1. The number of aromatic amines is 1. The number of nitrogens with one attached hydrogen (secondary N) is 2. The Morgan fingerprint density at radius 3 is 2.88 bits per heavy atom. The molecule has 124 valence electrons. The van der Waals surface area contributed by atoms with Crippen molar-refractivity contribution in [2.75, 3.05) is 12.4 Å². The summed E-state index contributed by atoms with van der Waals surface area (Å²) in [5.41, 5.74) is 3.03. The first-order valence-electron chi connectivity index (χ1n) is 7.51. The zero-order valence-electron chi connectivity index (χ0n) is 13.4. The zero-order chi connectivity index (χ0) is 16.9. The number of amides is 1. The Morgan fingerprint density at radius 1 is 1.21 bits per heavy atom. The molecule has 0 spiro atoms. The van der Waals surface area contributed by atoms with Crippen LogP contribution < -0.4 is 10.1 Å². The highest BCUT2D eigenvalue weighted by molar-refractivity contribution is 5.95. The van der Waals surface area contributed by atoms with Crippen molar-refractivity contribution in [3.05, 3.63) is 48.0 Å². The molecule has 0 fully saturated rings. The summed E-state index contributed by atoms with van der Waals surface area (Å²) in [6.45, 7) is 2.04. The fourth-order valence-electron chi connectivity index (χ4n) is 2.22. The monoisotopic (exact) mass is 326 g/mol. The van der Waals surface area contributed by atoms with Gasteiger partial charge in [0.2, 0.25) is 0 Å². The average molecular weight is 326 g/mol. The molecular weight excluding hydrogens is 308 g/mol. The molecule has 1 amide bonds. The lowest BCUT2D eigenvalue weighted by Crippen LogP contribution is -2.27. The van der Waals surface area contributed by atoms with Gasteiger partial charge in [0.05, 0.1) is 13.7 Å². The molecule has 1 aromatic heterocycles. The molecular formula is C17H18N4O3. The Bertz CT molecular complexity index is 846. The minimum absolute atomic E-state index is 0.222. The van der Waals surface area contributed by atoms with Gasteiger partial charge in [0.1, 0.15) is 22.9 Å². The topological polar surface area (TPSA) is 89.1 Å². The van der Waals surface area contributed by atoms with Gasteiger partial charge in [-0.3, -0.25) is 4.79 Å². The summed E-state index contributed by atoms with van der Waals surface area (Å²) in [5, 5.41) is 13.3. The summed E-state index contributed by atoms with van der Waals surface area (Å²) in [6, 6.07) is 12.9. The zero-order valence-corrected chi connectivity index (χ0v) is 13.4. The fourth-order valence-corrected chi connectivity index (χ4v) is 2.22. The lowest BCUT2D eigenvalue weighted by Gasteiger charge is -2.14. The number of nitrogens with zero attached hydrogens (tertiary/aromatic N) is 2. The SMILES string of the molecule is COc1cccc(COC(C)C(=O)Nc2ccc3n[nH]nc3c2)c1. The van der Waals surface area contributed by atoms with Crippen LogP contribution in [0.3, 0.4) is 0 Å². The van der Waals surface area contributed by atoms with Gasteiger partial charge in [0.15, 0.2) is 0 Å². The maximum absolute atomic E-state index is 12.2. The third kappa shape index (κ3) is 3.69. The molecule has 0 saturated heterocycles. The van der Waals surface area contributed by atoms with Crippen molar-refractivity contribution >= 4 is 22.6 Å². The highest BCUT2D eigenvalue weighted by Gasteiger charge is 2.14. The van der Waals surface area contributed by atoms with E-state index in [4.69, 9.17) is 9.47 Å². The second-order valence-electron chi connectivity index (χ2n) is 5.32. The first-order valence-corrected chi connectivity index (χ1v) is 7.51. The maximum atomic E-state index is 12.2. The van der Waals surface area contributed by atoms with E-state index in [-0.39, 0.29) is 5.91 Å². The van der Waals surface area contributed by atoms with Crippen LogP contribution in [0.1, 0.15) is 12.5 Å². The standard InChI is InChI=1S/C17H18N4O3/c1-11(24-10-12-4-3-5-14(8-12)23-2)17(22)18-13-6-7-15-16(9-13)20-21-19-15/h3-9,11H,10H2,1-2H3,(H,18,22)(H,19,20,21).